The van der Waals surface area contributed by atoms with Crippen molar-refractivity contribution in [3.63, 3.8) is 0 Å². The van der Waals surface area contributed by atoms with Crippen LogP contribution in [0.25, 0.3) is 0 Å². The minimum Gasteiger partial charge on any atom is -0.493 e. The number of pyridine rings is 1. The number of methoxy groups -OCH3 is 1. The number of thiophene rings is 1. The fourth-order valence-electron chi connectivity index (χ4n) is 4.02. The number of nitrogens with one attached hydrogen (secondary N) is 1. The maximum Gasteiger partial charge on any atom is 0.264 e. The summed E-state index contributed by atoms with van der Waals surface area (Å²) in [4.78, 5) is 32.8. The molecule has 1 aliphatic rings. The van der Waals surface area contributed by atoms with E-state index in [9.17, 15) is 9.59 Å². The van der Waals surface area contributed by atoms with Gasteiger partial charge in [-0.25, -0.2) is 0 Å². The number of amides is 2. The number of hydrogen-bond acceptors (Lipinski definition) is 6. The Hall–Kier alpha value is -3.39. The largest absolute Gasteiger partial charge is 0.493 e. The molecule has 3 heterocycles. The van der Waals surface area contributed by atoms with E-state index in [2.05, 4.69) is 10.3 Å². The molecule has 8 heteroatoms. The molecule has 1 N–H and O–H groups in total. The second-order valence-electron chi connectivity index (χ2n) is 8.12. The number of hydrogen-bond donors (Lipinski definition) is 1. The minimum absolute atomic E-state index is 0.0937. The van der Waals surface area contributed by atoms with Gasteiger partial charge >= 0.3 is 0 Å². The van der Waals surface area contributed by atoms with Gasteiger partial charge in [-0.05, 0) is 60.5 Å². The number of benzene rings is 1. The molecule has 1 aliphatic heterocycles. The molecule has 34 heavy (non-hydrogen) atoms. The lowest BCUT2D eigenvalue weighted by Crippen LogP contribution is -2.48. The Morgan fingerprint density at radius 2 is 2.09 bits per heavy atom. The number of ether oxygens (including phenoxy) is 2. The highest BCUT2D eigenvalue weighted by atomic mass is 32.1. The Labute approximate surface area is 203 Å². The molecule has 0 saturated carbocycles. The van der Waals surface area contributed by atoms with Crippen LogP contribution in [-0.4, -0.2) is 48.0 Å². The van der Waals surface area contributed by atoms with Gasteiger partial charge in [-0.1, -0.05) is 18.2 Å². The molecule has 4 rings (SSSR count). The van der Waals surface area contributed by atoms with E-state index in [1.807, 2.05) is 47.8 Å². The second-order valence-corrected chi connectivity index (χ2v) is 9.07. The Morgan fingerprint density at radius 1 is 1.18 bits per heavy atom. The average Bonchev–Trinajstić information content (AvgIpc) is 3.32. The van der Waals surface area contributed by atoms with Crippen LogP contribution in [0.2, 0.25) is 0 Å². The Balaban J connectivity index is 1.51. The molecule has 1 aromatic carbocycles. The summed E-state index contributed by atoms with van der Waals surface area (Å²) in [5.41, 5.74) is 1.83. The zero-order valence-corrected chi connectivity index (χ0v) is 20.1. The van der Waals surface area contributed by atoms with Crippen molar-refractivity contribution in [3.8, 4) is 11.5 Å². The molecule has 0 radical (unpaired) electrons. The molecular weight excluding hydrogens is 450 g/mol. The van der Waals surface area contributed by atoms with Crippen LogP contribution in [0.5, 0.6) is 11.5 Å². The number of aromatic nitrogens is 1. The third kappa shape index (κ3) is 5.94. The average molecular weight is 480 g/mol. The van der Waals surface area contributed by atoms with Crippen LogP contribution in [0.15, 0.2) is 60.1 Å². The van der Waals surface area contributed by atoms with Crippen LogP contribution in [0.4, 0.5) is 0 Å². The van der Waals surface area contributed by atoms with Crippen LogP contribution in [0.1, 0.15) is 40.2 Å². The van der Waals surface area contributed by atoms with E-state index in [1.165, 1.54) is 11.3 Å². The van der Waals surface area contributed by atoms with E-state index in [4.69, 9.17) is 9.47 Å². The van der Waals surface area contributed by atoms with Crippen molar-refractivity contribution in [3.05, 3.63) is 76.2 Å². The third-order valence-electron chi connectivity index (χ3n) is 5.80. The molecule has 1 fully saturated rings. The Morgan fingerprint density at radius 3 is 2.85 bits per heavy atom. The summed E-state index contributed by atoms with van der Waals surface area (Å²) in [5.74, 6) is 0.994. The summed E-state index contributed by atoms with van der Waals surface area (Å²) in [7, 11) is 1.60. The van der Waals surface area contributed by atoms with Crippen LogP contribution in [-0.2, 0) is 17.8 Å². The lowest BCUT2D eigenvalue weighted by Gasteiger charge is -2.30. The van der Waals surface area contributed by atoms with Crippen LogP contribution >= 0.6 is 11.3 Å². The summed E-state index contributed by atoms with van der Waals surface area (Å²) in [6.07, 6.45) is 4.91. The van der Waals surface area contributed by atoms with Gasteiger partial charge in [0.1, 0.15) is 6.04 Å². The Bertz CT molecular complexity index is 1090. The molecule has 0 unspecified atom stereocenters. The van der Waals surface area contributed by atoms with Crippen molar-refractivity contribution in [2.45, 2.75) is 38.3 Å². The first-order valence-corrected chi connectivity index (χ1v) is 12.4. The molecule has 0 aliphatic carbocycles. The van der Waals surface area contributed by atoms with E-state index < -0.39 is 6.04 Å². The predicted octanol–water partition coefficient (Wildman–Crippen LogP) is 4.08. The first kappa shape index (κ1) is 23.8. The van der Waals surface area contributed by atoms with Gasteiger partial charge in [-0.2, -0.15) is 0 Å². The third-order valence-corrected chi connectivity index (χ3v) is 6.66. The number of carbonyl (C=O) groups excluding carboxylic acids is 2. The van der Waals surface area contributed by atoms with E-state index in [-0.39, 0.29) is 11.8 Å². The summed E-state index contributed by atoms with van der Waals surface area (Å²) in [6.45, 7) is 1.42. The molecule has 1 saturated heterocycles. The zero-order chi connectivity index (χ0) is 23.8. The maximum atomic E-state index is 13.4. The van der Waals surface area contributed by atoms with E-state index in [0.717, 1.165) is 24.1 Å². The molecule has 3 aromatic rings. The molecule has 178 valence electrons. The summed E-state index contributed by atoms with van der Waals surface area (Å²) < 4.78 is 11.5. The highest BCUT2D eigenvalue weighted by molar-refractivity contribution is 7.12. The molecule has 0 spiro atoms. The monoisotopic (exact) mass is 479 g/mol. The highest BCUT2D eigenvalue weighted by Crippen LogP contribution is 2.30. The van der Waals surface area contributed by atoms with Crippen molar-refractivity contribution in [1.29, 1.82) is 0 Å². The lowest BCUT2D eigenvalue weighted by molar-refractivity contribution is -0.125. The standard InChI is InChI=1S/C26H29N3O4S/c1-32-23-17-19(10-11-22(23)33-15-12-20-7-2-4-13-27-20)18-29(26(31)24-9-6-16-34-24)21-8-3-5-14-28-25(21)30/h2,4,6-7,9-11,13,16-17,21H,3,5,8,12,14-15,18H2,1H3,(H,28,30)/t21-/m0/s1. The van der Waals surface area contributed by atoms with Gasteiger partial charge in [0.25, 0.3) is 5.91 Å². The SMILES string of the molecule is COc1cc(CN(C(=O)c2cccs2)[C@H]2CCCCNC2=O)ccc1OCCc1ccccn1. The quantitative estimate of drug-likeness (QED) is 0.500. The van der Waals surface area contributed by atoms with Crippen molar-refractivity contribution in [2.24, 2.45) is 0 Å². The van der Waals surface area contributed by atoms with Gasteiger partial charge in [0.2, 0.25) is 5.91 Å². The fraction of sp³-hybridized carbons (Fsp3) is 0.346. The number of carbonyl (C=O) groups is 2. The first-order valence-electron chi connectivity index (χ1n) is 11.5. The summed E-state index contributed by atoms with van der Waals surface area (Å²) in [6, 6.07) is 14.6. The lowest BCUT2D eigenvalue weighted by atomic mass is 10.1. The molecule has 7 nitrogen and oxygen atoms in total. The fourth-order valence-corrected chi connectivity index (χ4v) is 4.70. The maximum absolute atomic E-state index is 13.4. The molecule has 2 amide bonds. The number of nitrogens with zero attached hydrogens (tertiary/aromatic N) is 2. The van der Waals surface area contributed by atoms with Crippen molar-refractivity contribution < 1.29 is 19.1 Å². The van der Waals surface area contributed by atoms with Crippen molar-refractivity contribution >= 4 is 23.2 Å². The highest BCUT2D eigenvalue weighted by Gasteiger charge is 2.32. The van der Waals surface area contributed by atoms with E-state index in [0.29, 0.717) is 48.9 Å². The number of rotatable bonds is 9. The van der Waals surface area contributed by atoms with Crippen molar-refractivity contribution in [1.82, 2.24) is 15.2 Å². The molecule has 0 bridgehead atoms. The zero-order valence-electron chi connectivity index (χ0n) is 19.2. The molecular formula is C26H29N3O4S. The normalized spacial score (nSPS) is 15.8. The van der Waals surface area contributed by atoms with Gasteiger partial charge in [-0.3, -0.25) is 14.6 Å². The van der Waals surface area contributed by atoms with Gasteiger partial charge in [0, 0.05) is 31.4 Å². The van der Waals surface area contributed by atoms with Gasteiger partial charge in [0.15, 0.2) is 11.5 Å². The van der Waals surface area contributed by atoms with Crippen molar-refractivity contribution in [2.75, 3.05) is 20.3 Å². The van der Waals surface area contributed by atoms with Crippen LogP contribution in [0, 0.1) is 0 Å². The van der Waals surface area contributed by atoms with E-state index in [1.54, 1.807) is 24.3 Å². The summed E-state index contributed by atoms with van der Waals surface area (Å²) >= 11 is 1.38. The summed E-state index contributed by atoms with van der Waals surface area (Å²) in [5, 5.41) is 4.82. The molecule has 2 aromatic heterocycles. The Kier molecular flexibility index (Phi) is 8.14. The predicted molar refractivity (Wildman–Crippen MR) is 131 cm³/mol. The van der Waals surface area contributed by atoms with Gasteiger partial charge in [-0.15, -0.1) is 11.3 Å². The smallest absolute Gasteiger partial charge is 0.264 e. The van der Waals surface area contributed by atoms with E-state index >= 15 is 0 Å². The topological polar surface area (TPSA) is 80.8 Å². The second kappa shape index (κ2) is 11.7. The van der Waals surface area contributed by atoms with Crippen LogP contribution < -0.4 is 14.8 Å². The molecule has 1 atom stereocenters. The van der Waals surface area contributed by atoms with Gasteiger partial charge in [0.05, 0.1) is 18.6 Å². The minimum atomic E-state index is -0.502. The van der Waals surface area contributed by atoms with Gasteiger partial charge < -0.3 is 19.7 Å². The van der Waals surface area contributed by atoms with Crippen LogP contribution in [0.3, 0.4) is 0 Å². The first-order chi connectivity index (χ1) is 16.7.